The van der Waals surface area contributed by atoms with Gasteiger partial charge in [-0.05, 0) is 31.1 Å². The Hall–Kier alpha value is -0.610. The first-order chi connectivity index (χ1) is 9.80. The van der Waals surface area contributed by atoms with Gasteiger partial charge in [-0.2, -0.15) is 0 Å². The van der Waals surface area contributed by atoms with E-state index in [1.807, 2.05) is 13.8 Å². The smallest absolute Gasteiger partial charge is 0.227 e. The predicted molar refractivity (Wildman–Crippen MR) is 87.0 cm³/mol. The third-order valence-electron chi connectivity index (χ3n) is 5.05. The lowest BCUT2D eigenvalue weighted by molar-refractivity contribution is -0.132. The Morgan fingerprint density at radius 1 is 1.29 bits per heavy atom. The van der Waals surface area contributed by atoms with Crippen LogP contribution in [0.5, 0.6) is 0 Å². The van der Waals surface area contributed by atoms with Gasteiger partial charge in [0.15, 0.2) is 0 Å². The zero-order chi connectivity index (χ0) is 16.1. The molecule has 21 heavy (non-hydrogen) atoms. The highest BCUT2D eigenvalue weighted by atomic mass is 16.5. The molecule has 1 saturated heterocycles. The van der Waals surface area contributed by atoms with Gasteiger partial charge in [0.1, 0.15) is 0 Å². The summed E-state index contributed by atoms with van der Waals surface area (Å²) < 4.78 is 5.98. The molecule has 2 unspecified atom stereocenters. The van der Waals surface area contributed by atoms with Gasteiger partial charge in [0.25, 0.3) is 0 Å². The first kappa shape index (κ1) is 18.4. The van der Waals surface area contributed by atoms with E-state index in [-0.39, 0.29) is 17.4 Å². The molecular weight excluding hydrogens is 264 g/mol. The van der Waals surface area contributed by atoms with Crippen molar-refractivity contribution in [3.05, 3.63) is 0 Å². The average Bonchev–Trinajstić information content (AvgIpc) is 2.47. The minimum absolute atomic E-state index is 0.105. The van der Waals surface area contributed by atoms with E-state index in [1.54, 1.807) is 0 Å². The molecule has 0 radical (unpaired) electrons. The second kappa shape index (κ2) is 7.59. The lowest BCUT2D eigenvalue weighted by Crippen LogP contribution is -2.50. The van der Waals surface area contributed by atoms with Crippen molar-refractivity contribution in [1.82, 2.24) is 5.32 Å². The Kier molecular flexibility index (Phi) is 6.67. The molecule has 124 valence electrons. The van der Waals surface area contributed by atoms with Crippen LogP contribution in [0.4, 0.5) is 0 Å². The zero-order valence-electron chi connectivity index (χ0n) is 14.5. The minimum atomic E-state index is -0.410. The van der Waals surface area contributed by atoms with E-state index in [2.05, 4.69) is 26.1 Å². The van der Waals surface area contributed by atoms with E-state index < -0.39 is 5.41 Å². The molecule has 4 heteroatoms. The van der Waals surface area contributed by atoms with Crippen molar-refractivity contribution in [2.45, 2.75) is 66.4 Å². The highest BCUT2D eigenvalue weighted by molar-refractivity contribution is 5.82. The first-order valence-corrected chi connectivity index (χ1v) is 8.40. The summed E-state index contributed by atoms with van der Waals surface area (Å²) in [7, 11) is 0. The molecule has 0 aromatic rings. The number of hydrogen-bond acceptors (Lipinski definition) is 3. The van der Waals surface area contributed by atoms with Crippen molar-refractivity contribution in [1.29, 1.82) is 0 Å². The van der Waals surface area contributed by atoms with Crippen LogP contribution in [-0.4, -0.2) is 31.7 Å². The number of nitrogens with two attached hydrogens (primary N) is 1. The number of rotatable bonds is 6. The van der Waals surface area contributed by atoms with Gasteiger partial charge in [0.2, 0.25) is 5.91 Å². The van der Waals surface area contributed by atoms with Crippen molar-refractivity contribution in [2.24, 2.45) is 22.5 Å². The number of carbonyl (C=O) groups excluding carboxylic acids is 1. The summed E-state index contributed by atoms with van der Waals surface area (Å²) in [5.74, 6) is 0.500. The van der Waals surface area contributed by atoms with Crippen LogP contribution in [0.25, 0.3) is 0 Å². The van der Waals surface area contributed by atoms with Gasteiger partial charge < -0.3 is 15.8 Å². The quantitative estimate of drug-likeness (QED) is 0.792. The molecule has 1 aliphatic rings. The fraction of sp³-hybridized carbons (Fsp3) is 0.941. The molecule has 1 amide bonds. The van der Waals surface area contributed by atoms with Crippen molar-refractivity contribution in [3.63, 3.8) is 0 Å². The molecule has 0 bridgehead atoms. The van der Waals surface area contributed by atoms with Crippen LogP contribution in [0.15, 0.2) is 0 Å². The summed E-state index contributed by atoms with van der Waals surface area (Å²) in [6, 6.07) is 0. The summed E-state index contributed by atoms with van der Waals surface area (Å²) in [6.07, 6.45) is 3.99. The van der Waals surface area contributed by atoms with E-state index in [1.165, 1.54) is 0 Å². The molecule has 4 nitrogen and oxygen atoms in total. The SMILES string of the molecule is CCC(CC)(CN)C(=O)NCC1CCCOC1C(C)(C)C. The van der Waals surface area contributed by atoms with E-state index in [4.69, 9.17) is 10.5 Å². The largest absolute Gasteiger partial charge is 0.377 e. The molecule has 3 N–H and O–H groups in total. The van der Waals surface area contributed by atoms with E-state index in [0.29, 0.717) is 19.0 Å². The third-order valence-corrected chi connectivity index (χ3v) is 5.05. The van der Waals surface area contributed by atoms with Gasteiger partial charge in [0, 0.05) is 25.6 Å². The lowest BCUT2D eigenvalue weighted by atomic mass is 9.77. The minimum Gasteiger partial charge on any atom is -0.377 e. The number of nitrogens with one attached hydrogen (secondary N) is 1. The highest BCUT2D eigenvalue weighted by Crippen LogP contribution is 2.34. The average molecular weight is 298 g/mol. The van der Waals surface area contributed by atoms with Gasteiger partial charge >= 0.3 is 0 Å². The molecule has 1 fully saturated rings. The number of ether oxygens (including phenoxy) is 1. The van der Waals surface area contributed by atoms with Crippen molar-refractivity contribution in [2.75, 3.05) is 19.7 Å². The Bertz CT molecular complexity index is 324. The zero-order valence-corrected chi connectivity index (χ0v) is 14.5. The molecule has 1 aliphatic heterocycles. The van der Waals surface area contributed by atoms with Crippen LogP contribution in [0.1, 0.15) is 60.3 Å². The predicted octanol–water partition coefficient (Wildman–Crippen LogP) is 2.71. The molecule has 1 heterocycles. The summed E-state index contributed by atoms with van der Waals surface area (Å²) >= 11 is 0. The van der Waals surface area contributed by atoms with Gasteiger partial charge in [-0.25, -0.2) is 0 Å². The Morgan fingerprint density at radius 3 is 2.38 bits per heavy atom. The molecule has 0 aliphatic carbocycles. The van der Waals surface area contributed by atoms with Crippen LogP contribution in [-0.2, 0) is 9.53 Å². The van der Waals surface area contributed by atoms with E-state index in [0.717, 1.165) is 32.3 Å². The highest BCUT2D eigenvalue weighted by Gasteiger charge is 2.37. The number of carbonyl (C=O) groups is 1. The first-order valence-electron chi connectivity index (χ1n) is 8.40. The summed E-state index contributed by atoms with van der Waals surface area (Å²) in [5, 5.41) is 3.15. The fourth-order valence-electron chi connectivity index (χ4n) is 3.37. The topological polar surface area (TPSA) is 64.4 Å². The monoisotopic (exact) mass is 298 g/mol. The van der Waals surface area contributed by atoms with Gasteiger partial charge in [-0.3, -0.25) is 4.79 Å². The normalized spacial score (nSPS) is 23.9. The van der Waals surface area contributed by atoms with Crippen LogP contribution < -0.4 is 11.1 Å². The molecule has 0 spiro atoms. The Morgan fingerprint density at radius 2 is 1.90 bits per heavy atom. The maximum Gasteiger partial charge on any atom is 0.227 e. The standard InChI is InChI=1S/C17H34N2O2/c1-6-17(7-2,12-18)15(20)19-11-13-9-8-10-21-14(13)16(3,4)5/h13-14H,6-12,18H2,1-5H3,(H,19,20). The third kappa shape index (κ3) is 4.43. The maximum atomic E-state index is 12.5. The lowest BCUT2D eigenvalue weighted by Gasteiger charge is -2.40. The molecule has 2 atom stereocenters. The van der Waals surface area contributed by atoms with E-state index >= 15 is 0 Å². The number of hydrogen-bond donors (Lipinski definition) is 2. The summed E-state index contributed by atoms with van der Waals surface area (Å²) in [4.78, 5) is 12.5. The summed E-state index contributed by atoms with van der Waals surface area (Å²) in [6.45, 7) is 12.6. The molecule has 0 saturated carbocycles. The van der Waals surface area contributed by atoms with Crippen LogP contribution >= 0.6 is 0 Å². The van der Waals surface area contributed by atoms with Crippen LogP contribution in [0, 0.1) is 16.7 Å². The molecule has 1 rings (SSSR count). The van der Waals surface area contributed by atoms with Crippen LogP contribution in [0.3, 0.4) is 0 Å². The number of amides is 1. The van der Waals surface area contributed by atoms with Gasteiger partial charge in [-0.15, -0.1) is 0 Å². The molecule has 0 aromatic heterocycles. The Balaban J connectivity index is 2.66. The Labute approximate surface area is 130 Å². The second-order valence-electron chi connectivity index (χ2n) is 7.46. The van der Waals surface area contributed by atoms with Crippen LogP contribution in [0.2, 0.25) is 0 Å². The fourth-order valence-corrected chi connectivity index (χ4v) is 3.37. The van der Waals surface area contributed by atoms with Crippen molar-refractivity contribution >= 4 is 5.91 Å². The molecule has 0 aromatic carbocycles. The molecular formula is C17H34N2O2. The second-order valence-corrected chi connectivity index (χ2v) is 7.46. The maximum absolute atomic E-state index is 12.5. The van der Waals surface area contributed by atoms with Crippen molar-refractivity contribution in [3.8, 4) is 0 Å². The van der Waals surface area contributed by atoms with E-state index in [9.17, 15) is 4.79 Å². The van der Waals surface area contributed by atoms with Crippen molar-refractivity contribution < 1.29 is 9.53 Å². The van der Waals surface area contributed by atoms with Gasteiger partial charge in [-0.1, -0.05) is 34.6 Å². The van der Waals surface area contributed by atoms with Gasteiger partial charge in [0.05, 0.1) is 11.5 Å². The summed E-state index contributed by atoms with van der Waals surface area (Å²) in [5.41, 5.74) is 5.55.